The second-order valence-electron chi connectivity index (χ2n) is 7.19. The number of carbonyl (C=O) groups excluding carboxylic acids is 2. The number of anilines is 1. The molecule has 3 aromatic rings. The Labute approximate surface area is 166 Å². The van der Waals surface area contributed by atoms with E-state index in [0.29, 0.717) is 42.7 Å². The molecule has 0 unspecified atom stereocenters. The molecule has 29 heavy (non-hydrogen) atoms. The van der Waals surface area contributed by atoms with Gasteiger partial charge in [-0.3, -0.25) is 14.2 Å². The summed E-state index contributed by atoms with van der Waals surface area (Å²) in [6.07, 6.45) is 1.05. The van der Waals surface area contributed by atoms with Gasteiger partial charge in [0, 0.05) is 24.7 Å². The number of carbonyl (C=O) groups is 2. The molecule has 7 nitrogen and oxygen atoms in total. The van der Waals surface area contributed by atoms with Gasteiger partial charge in [0.05, 0.1) is 11.0 Å². The number of benzene rings is 2. The third-order valence-corrected chi connectivity index (χ3v) is 5.29. The van der Waals surface area contributed by atoms with Crippen LogP contribution in [0.25, 0.3) is 11.0 Å². The van der Waals surface area contributed by atoms with Crippen molar-refractivity contribution in [3.05, 3.63) is 64.8 Å². The number of hydrogen-bond acceptors (Lipinski definition) is 3. The standard InChI is InChI=1S/C21H21FN4O3/c22-15-4-3-5-16(12-15)23-20(28)14-8-10-25(11-9-14)19(27)13-26-18-7-2-1-6-17(18)24-21(26)29/h1-7,12,14H,8-11,13H2,(H,23,28)(H,24,29). The van der Waals surface area contributed by atoms with Gasteiger partial charge in [-0.1, -0.05) is 18.2 Å². The van der Waals surface area contributed by atoms with Gasteiger partial charge in [-0.15, -0.1) is 0 Å². The molecule has 1 aliphatic heterocycles. The highest BCUT2D eigenvalue weighted by Gasteiger charge is 2.28. The van der Waals surface area contributed by atoms with Gasteiger partial charge in [-0.25, -0.2) is 9.18 Å². The molecule has 0 atom stereocenters. The molecule has 1 saturated heterocycles. The highest BCUT2D eigenvalue weighted by Crippen LogP contribution is 2.20. The molecule has 0 spiro atoms. The summed E-state index contributed by atoms with van der Waals surface area (Å²) in [7, 11) is 0. The van der Waals surface area contributed by atoms with Gasteiger partial charge in [0.1, 0.15) is 12.4 Å². The number of halogens is 1. The Morgan fingerprint density at radius 1 is 1.10 bits per heavy atom. The van der Waals surface area contributed by atoms with Crippen LogP contribution in [0.15, 0.2) is 53.3 Å². The number of amides is 2. The number of imidazole rings is 1. The van der Waals surface area contributed by atoms with Crippen LogP contribution in [0.3, 0.4) is 0 Å². The van der Waals surface area contributed by atoms with Crippen molar-refractivity contribution in [2.75, 3.05) is 18.4 Å². The van der Waals surface area contributed by atoms with Crippen LogP contribution in [0, 0.1) is 11.7 Å². The van der Waals surface area contributed by atoms with Crippen molar-refractivity contribution in [2.45, 2.75) is 19.4 Å². The predicted molar refractivity (Wildman–Crippen MR) is 107 cm³/mol. The van der Waals surface area contributed by atoms with Crippen LogP contribution >= 0.6 is 0 Å². The fourth-order valence-electron chi connectivity index (χ4n) is 3.70. The van der Waals surface area contributed by atoms with Crippen molar-refractivity contribution >= 4 is 28.5 Å². The zero-order valence-electron chi connectivity index (χ0n) is 15.7. The van der Waals surface area contributed by atoms with Crippen LogP contribution in [0.4, 0.5) is 10.1 Å². The molecule has 8 heteroatoms. The van der Waals surface area contributed by atoms with E-state index in [-0.39, 0.29) is 30.0 Å². The molecule has 0 bridgehead atoms. The number of hydrogen-bond donors (Lipinski definition) is 2. The van der Waals surface area contributed by atoms with Gasteiger partial charge in [-0.05, 0) is 43.2 Å². The van der Waals surface area contributed by atoms with Crippen LogP contribution in [0.2, 0.25) is 0 Å². The summed E-state index contributed by atoms with van der Waals surface area (Å²) in [5.74, 6) is -0.967. The first-order valence-electron chi connectivity index (χ1n) is 9.53. The summed E-state index contributed by atoms with van der Waals surface area (Å²) >= 11 is 0. The van der Waals surface area contributed by atoms with Crippen LogP contribution in [-0.4, -0.2) is 39.4 Å². The molecular weight excluding hydrogens is 375 g/mol. The van der Waals surface area contributed by atoms with Crippen molar-refractivity contribution in [2.24, 2.45) is 5.92 Å². The number of likely N-dealkylation sites (tertiary alicyclic amines) is 1. The first-order valence-corrected chi connectivity index (χ1v) is 9.53. The number of rotatable bonds is 4. The van der Waals surface area contributed by atoms with Crippen LogP contribution < -0.4 is 11.0 Å². The van der Waals surface area contributed by atoms with Gasteiger partial charge < -0.3 is 15.2 Å². The number of para-hydroxylation sites is 2. The van der Waals surface area contributed by atoms with E-state index in [2.05, 4.69) is 10.3 Å². The summed E-state index contributed by atoms with van der Waals surface area (Å²) in [6.45, 7) is 0.845. The number of nitrogens with one attached hydrogen (secondary N) is 2. The topological polar surface area (TPSA) is 87.2 Å². The molecule has 0 radical (unpaired) electrons. The summed E-state index contributed by atoms with van der Waals surface area (Å²) in [4.78, 5) is 41.7. The lowest BCUT2D eigenvalue weighted by Crippen LogP contribution is -2.43. The van der Waals surface area contributed by atoms with E-state index in [1.165, 1.54) is 16.7 Å². The SMILES string of the molecule is O=C(Nc1cccc(F)c1)C1CCN(C(=O)Cn2c(=O)[nH]c3ccccc32)CC1. The lowest BCUT2D eigenvalue weighted by Gasteiger charge is -2.31. The Kier molecular flexibility index (Phi) is 5.16. The molecule has 0 saturated carbocycles. The van der Waals surface area contributed by atoms with E-state index in [9.17, 15) is 18.8 Å². The molecule has 2 heterocycles. The molecule has 1 fully saturated rings. The maximum atomic E-state index is 13.3. The Morgan fingerprint density at radius 3 is 2.62 bits per heavy atom. The quantitative estimate of drug-likeness (QED) is 0.710. The molecule has 4 rings (SSSR count). The molecule has 2 N–H and O–H groups in total. The van der Waals surface area contributed by atoms with Crippen LogP contribution in [-0.2, 0) is 16.1 Å². The number of aromatic amines is 1. The van der Waals surface area contributed by atoms with Gasteiger partial charge in [0.2, 0.25) is 11.8 Å². The van der Waals surface area contributed by atoms with Crippen molar-refractivity contribution < 1.29 is 14.0 Å². The van der Waals surface area contributed by atoms with Crippen LogP contribution in [0.1, 0.15) is 12.8 Å². The van der Waals surface area contributed by atoms with Gasteiger partial charge in [0.25, 0.3) is 0 Å². The number of nitrogens with zero attached hydrogens (tertiary/aromatic N) is 2. The Hall–Kier alpha value is -3.42. The summed E-state index contributed by atoms with van der Waals surface area (Å²) in [5.41, 5.74) is 1.49. The molecule has 1 aromatic heterocycles. The monoisotopic (exact) mass is 396 g/mol. The average molecular weight is 396 g/mol. The maximum Gasteiger partial charge on any atom is 0.326 e. The van der Waals surface area contributed by atoms with E-state index in [4.69, 9.17) is 0 Å². The van der Waals surface area contributed by atoms with Crippen molar-refractivity contribution in [3.8, 4) is 0 Å². The first kappa shape index (κ1) is 18.9. The lowest BCUT2D eigenvalue weighted by atomic mass is 9.95. The minimum absolute atomic E-state index is 0.0387. The highest BCUT2D eigenvalue weighted by molar-refractivity contribution is 5.92. The van der Waals surface area contributed by atoms with Crippen molar-refractivity contribution in [1.29, 1.82) is 0 Å². The minimum atomic E-state index is -0.407. The molecule has 2 aromatic carbocycles. The third-order valence-electron chi connectivity index (χ3n) is 5.29. The summed E-state index contributed by atoms with van der Waals surface area (Å²) < 4.78 is 14.7. The second kappa shape index (κ2) is 7.90. The minimum Gasteiger partial charge on any atom is -0.341 e. The van der Waals surface area contributed by atoms with Crippen LogP contribution in [0.5, 0.6) is 0 Å². The molecular formula is C21H21FN4O3. The highest BCUT2D eigenvalue weighted by atomic mass is 19.1. The number of fused-ring (bicyclic) bond motifs is 1. The Balaban J connectivity index is 1.35. The maximum absolute atomic E-state index is 13.3. The van der Waals surface area contributed by atoms with E-state index in [0.717, 1.165) is 0 Å². The van der Waals surface area contributed by atoms with Gasteiger partial charge in [-0.2, -0.15) is 0 Å². The zero-order chi connectivity index (χ0) is 20.4. The van der Waals surface area contributed by atoms with E-state index < -0.39 is 5.82 Å². The molecule has 0 aliphatic carbocycles. The lowest BCUT2D eigenvalue weighted by molar-refractivity contribution is -0.135. The average Bonchev–Trinajstić information content (AvgIpc) is 3.03. The second-order valence-corrected chi connectivity index (χ2v) is 7.19. The van der Waals surface area contributed by atoms with Gasteiger partial charge >= 0.3 is 5.69 Å². The first-order chi connectivity index (χ1) is 14.0. The third kappa shape index (κ3) is 4.06. The summed E-state index contributed by atoms with van der Waals surface area (Å²) in [5, 5.41) is 2.73. The van der Waals surface area contributed by atoms with E-state index >= 15 is 0 Å². The molecule has 1 aliphatic rings. The number of aromatic nitrogens is 2. The fraction of sp³-hybridized carbons (Fsp3) is 0.286. The largest absolute Gasteiger partial charge is 0.341 e. The molecule has 2 amide bonds. The fourth-order valence-corrected chi connectivity index (χ4v) is 3.70. The Morgan fingerprint density at radius 2 is 1.86 bits per heavy atom. The zero-order valence-corrected chi connectivity index (χ0v) is 15.7. The predicted octanol–water partition coefficient (Wildman–Crippen LogP) is 2.35. The number of H-pyrrole nitrogens is 1. The van der Waals surface area contributed by atoms with Crippen molar-refractivity contribution in [1.82, 2.24) is 14.5 Å². The van der Waals surface area contributed by atoms with E-state index in [1.54, 1.807) is 29.2 Å². The normalized spacial score (nSPS) is 14.9. The summed E-state index contributed by atoms with van der Waals surface area (Å²) in [6, 6.07) is 13.0. The Bertz CT molecular complexity index is 1110. The number of piperidine rings is 1. The van der Waals surface area contributed by atoms with E-state index in [1.807, 2.05) is 12.1 Å². The molecule has 150 valence electrons. The smallest absolute Gasteiger partial charge is 0.326 e. The van der Waals surface area contributed by atoms with Crippen molar-refractivity contribution in [3.63, 3.8) is 0 Å². The van der Waals surface area contributed by atoms with Gasteiger partial charge in [0.15, 0.2) is 0 Å².